The van der Waals surface area contributed by atoms with Crippen LogP contribution in [0.15, 0.2) is 10.7 Å². The minimum absolute atomic E-state index is 0.445. The molecule has 0 aliphatic heterocycles. The maximum atomic E-state index is 10.3. The molecule has 0 saturated heterocycles. The molecular weight excluding hydrogens is 294 g/mol. The first kappa shape index (κ1) is 15.7. The summed E-state index contributed by atoms with van der Waals surface area (Å²) in [5.41, 5.74) is 0.900. The topological polar surface area (TPSA) is 41.3 Å². The van der Waals surface area contributed by atoms with Crippen LogP contribution in [0.1, 0.15) is 38.5 Å². The van der Waals surface area contributed by atoms with Crippen LogP contribution in [0.2, 0.25) is 0 Å². The van der Waals surface area contributed by atoms with Gasteiger partial charge in [-0.1, -0.05) is 20.3 Å². The van der Waals surface area contributed by atoms with Crippen molar-refractivity contribution in [1.82, 2.24) is 14.7 Å². The van der Waals surface area contributed by atoms with Crippen molar-refractivity contribution < 1.29 is 5.11 Å². The first-order valence-corrected chi connectivity index (χ1v) is 7.29. The van der Waals surface area contributed by atoms with E-state index in [0.717, 1.165) is 36.1 Å². The fraction of sp³-hybridized carbons (Fsp3) is 0.769. The quantitative estimate of drug-likeness (QED) is 0.840. The molecule has 18 heavy (non-hydrogen) atoms. The van der Waals surface area contributed by atoms with Gasteiger partial charge in [0, 0.05) is 6.54 Å². The average Bonchev–Trinajstić information content (AvgIpc) is 2.67. The number of aliphatic hydroxyl groups is 1. The lowest BCUT2D eigenvalue weighted by atomic mass is 9.99. The Hall–Kier alpha value is -0.390. The van der Waals surface area contributed by atoms with E-state index in [1.807, 2.05) is 18.8 Å². The lowest BCUT2D eigenvalue weighted by molar-refractivity contribution is 0.134. The Balaban J connectivity index is 2.76. The van der Waals surface area contributed by atoms with Gasteiger partial charge in [-0.15, -0.1) is 0 Å². The summed E-state index contributed by atoms with van der Waals surface area (Å²) in [6.45, 7) is 6.02. The third-order valence-corrected chi connectivity index (χ3v) is 3.84. The minimum Gasteiger partial charge on any atom is -0.387 e. The number of aromatic nitrogens is 2. The highest BCUT2D eigenvalue weighted by Gasteiger charge is 2.19. The molecule has 0 aliphatic rings. The van der Waals surface area contributed by atoms with Crippen molar-refractivity contribution in [2.24, 2.45) is 5.92 Å². The van der Waals surface area contributed by atoms with Crippen molar-refractivity contribution in [3.05, 3.63) is 16.4 Å². The summed E-state index contributed by atoms with van der Waals surface area (Å²) >= 11 is 3.48. The predicted molar refractivity (Wildman–Crippen MR) is 77.5 cm³/mol. The largest absolute Gasteiger partial charge is 0.387 e. The third kappa shape index (κ3) is 4.37. The zero-order valence-corrected chi connectivity index (χ0v) is 13.3. The fourth-order valence-electron chi connectivity index (χ4n) is 1.84. The monoisotopic (exact) mass is 317 g/mol. The highest BCUT2D eigenvalue weighted by Crippen LogP contribution is 2.28. The van der Waals surface area contributed by atoms with Crippen molar-refractivity contribution in [2.75, 3.05) is 20.6 Å². The van der Waals surface area contributed by atoms with Crippen LogP contribution >= 0.6 is 15.9 Å². The number of nitrogens with zero attached hydrogens (tertiary/aromatic N) is 3. The molecule has 0 fully saturated rings. The number of aliphatic hydroxyl groups excluding tert-OH is 1. The number of hydrogen-bond donors (Lipinski definition) is 1. The molecule has 0 aliphatic carbocycles. The van der Waals surface area contributed by atoms with Crippen LogP contribution in [0.25, 0.3) is 0 Å². The number of rotatable bonds is 7. The van der Waals surface area contributed by atoms with E-state index in [2.05, 4.69) is 39.8 Å². The second-order valence-corrected chi connectivity index (χ2v) is 6.02. The highest BCUT2D eigenvalue weighted by atomic mass is 79.9. The van der Waals surface area contributed by atoms with Gasteiger partial charge in [0.2, 0.25) is 0 Å². The van der Waals surface area contributed by atoms with Gasteiger partial charge in [0.1, 0.15) is 0 Å². The molecule has 1 heterocycles. The Morgan fingerprint density at radius 3 is 2.72 bits per heavy atom. The van der Waals surface area contributed by atoms with Crippen LogP contribution in [0, 0.1) is 5.92 Å². The Morgan fingerprint density at radius 2 is 2.17 bits per heavy atom. The number of halogens is 1. The summed E-state index contributed by atoms with van der Waals surface area (Å²) in [5, 5.41) is 14.7. The molecule has 0 radical (unpaired) electrons. The second-order valence-electron chi connectivity index (χ2n) is 5.17. The summed E-state index contributed by atoms with van der Waals surface area (Å²) in [5.74, 6) is 0.518. The Bertz CT molecular complexity index is 365. The zero-order chi connectivity index (χ0) is 13.7. The molecule has 1 aromatic heterocycles. The van der Waals surface area contributed by atoms with E-state index in [1.165, 1.54) is 0 Å². The molecule has 1 N–H and O–H groups in total. The lowest BCUT2D eigenvalue weighted by Crippen LogP contribution is -2.21. The third-order valence-electron chi connectivity index (χ3n) is 3.23. The molecule has 4 nitrogen and oxygen atoms in total. The Labute approximate surface area is 118 Å². The van der Waals surface area contributed by atoms with Crippen molar-refractivity contribution in [2.45, 2.75) is 39.3 Å². The van der Waals surface area contributed by atoms with Crippen LogP contribution in [-0.2, 0) is 6.54 Å². The number of hydrogen-bond acceptors (Lipinski definition) is 3. The van der Waals surface area contributed by atoms with Crippen molar-refractivity contribution in [1.29, 1.82) is 0 Å². The SMILES string of the molecule is CCC(C)CC(O)c1c(Br)cnn1CCN(C)C. The van der Waals surface area contributed by atoms with Gasteiger partial charge in [0.05, 0.1) is 29.0 Å². The first-order chi connectivity index (χ1) is 8.45. The smallest absolute Gasteiger partial charge is 0.0970 e. The Kier molecular flexibility index (Phi) is 6.32. The molecule has 1 aromatic rings. The van der Waals surface area contributed by atoms with E-state index in [0.29, 0.717) is 5.92 Å². The minimum atomic E-state index is -0.445. The maximum absolute atomic E-state index is 10.3. The molecule has 0 amide bonds. The number of likely N-dealkylation sites (N-methyl/N-ethyl adjacent to an activating group) is 1. The molecule has 0 saturated carbocycles. The normalized spacial score (nSPS) is 15.1. The molecule has 2 atom stereocenters. The van der Waals surface area contributed by atoms with Gasteiger partial charge in [-0.25, -0.2) is 0 Å². The van der Waals surface area contributed by atoms with E-state index in [4.69, 9.17) is 0 Å². The van der Waals surface area contributed by atoms with Gasteiger partial charge in [-0.3, -0.25) is 4.68 Å². The van der Waals surface area contributed by atoms with Crippen molar-refractivity contribution in [3.8, 4) is 0 Å². The van der Waals surface area contributed by atoms with Crippen LogP contribution in [0.5, 0.6) is 0 Å². The molecule has 2 unspecified atom stereocenters. The summed E-state index contributed by atoms with van der Waals surface area (Å²) in [7, 11) is 4.07. The molecule has 0 spiro atoms. The summed E-state index contributed by atoms with van der Waals surface area (Å²) in [6.07, 6.45) is 3.19. The van der Waals surface area contributed by atoms with Crippen LogP contribution in [0.4, 0.5) is 0 Å². The molecular formula is C13H24BrN3O. The highest BCUT2D eigenvalue weighted by molar-refractivity contribution is 9.10. The molecule has 0 aromatic carbocycles. The van der Waals surface area contributed by atoms with Crippen molar-refractivity contribution >= 4 is 15.9 Å². The predicted octanol–water partition coefficient (Wildman–Crippen LogP) is 2.68. The van der Waals surface area contributed by atoms with Gasteiger partial charge in [-0.2, -0.15) is 5.10 Å². The van der Waals surface area contributed by atoms with Crippen LogP contribution in [0.3, 0.4) is 0 Å². The van der Waals surface area contributed by atoms with Gasteiger partial charge < -0.3 is 10.0 Å². The van der Waals surface area contributed by atoms with Crippen LogP contribution < -0.4 is 0 Å². The van der Waals surface area contributed by atoms with E-state index in [9.17, 15) is 5.11 Å². The molecule has 0 bridgehead atoms. The molecule has 5 heteroatoms. The van der Waals surface area contributed by atoms with Crippen LogP contribution in [-0.4, -0.2) is 40.4 Å². The maximum Gasteiger partial charge on any atom is 0.0970 e. The average molecular weight is 318 g/mol. The summed E-state index contributed by atoms with van der Waals surface area (Å²) in [4.78, 5) is 2.11. The molecule has 1 rings (SSSR count). The second kappa shape index (κ2) is 7.26. The van der Waals surface area contributed by atoms with Gasteiger partial charge in [0.25, 0.3) is 0 Å². The standard InChI is InChI=1S/C13H24BrN3O/c1-5-10(2)8-12(18)13-11(14)9-15-17(13)7-6-16(3)4/h9-10,12,18H,5-8H2,1-4H3. The summed E-state index contributed by atoms with van der Waals surface area (Å²) in [6, 6.07) is 0. The van der Waals surface area contributed by atoms with Gasteiger partial charge >= 0.3 is 0 Å². The van der Waals surface area contributed by atoms with E-state index < -0.39 is 6.10 Å². The van der Waals surface area contributed by atoms with E-state index in [-0.39, 0.29) is 0 Å². The first-order valence-electron chi connectivity index (χ1n) is 6.49. The molecule has 104 valence electrons. The van der Waals surface area contributed by atoms with Crippen molar-refractivity contribution in [3.63, 3.8) is 0 Å². The Morgan fingerprint density at radius 1 is 1.50 bits per heavy atom. The summed E-state index contributed by atoms with van der Waals surface area (Å²) < 4.78 is 2.80. The van der Waals surface area contributed by atoms with E-state index in [1.54, 1.807) is 6.20 Å². The van der Waals surface area contributed by atoms with E-state index >= 15 is 0 Å². The lowest BCUT2D eigenvalue weighted by Gasteiger charge is -2.18. The van der Waals surface area contributed by atoms with Gasteiger partial charge in [0.15, 0.2) is 0 Å². The zero-order valence-electron chi connectivity index (χ0n) is 11.7. The van der Waals surface area contributed by atoms with Gasteiger partial charge in [-0.05, 0) is 42.4 Å². The fourth-order valence-corrected chi connectivity index (χ4v) is 2.40.